The fraction of sp³-hybridized carbons (Fsp3) is 0.625. The van der Waals surface area contributed by atoms with Crippen molar-refractivity contribution in [2.75, 3.05) is 58.3 Å². The molecule has 8 nitrogen and oxygen atoms in total. The summed E-state index contributed by atoms with van der Waals surface area (Å²) in [6.07, 6.45) is 4.53. The number of aromatic nitrogens is 2. The second-order valence-corrected chi connectivity index (χ2v) is 5.88. The van der Waals surface area contributed by atoms with E-state index in [1.807, 2.05) is 6.07 Å². The maximum atomic E-state index is 11.8. The van der Waals surface area contributed by atoms with Gasteiger partial charge in [0.15, 0.2) is 5.96 Å². The number of piperazine rings is 1. The Bertz CT molecular complexity index is 539. The number of carbonyl (C=O) groups excluding carboxylic acids is 1. The van der Waals surface area contributed by atoms with E-state index in [0.717, 1.165) is 51.1 Å². The molecule has 1 fully saturated rings. The third-order valence-corrected chi connectivity index (χ3v) is 3.81. The van der Waals surface area contributed by atoms with Gasteiger partial charge in [-0.2, -0.15) is 0 Å². The van der Waals surface area contributed by atoms with Crippen LogP contribution in [0.5, 0.6) is 0 Å². The van der Waals surface area contributed by atoms with E-state index < -0.39 is 0 Å². The van der Waals surface area contributed by atoms with Crippen LogP contribution in [0.2, 0.25) is 0 Å². The first-order valence-corrected chi connectivity index (χ1v) is 8.37. The van der Waals surface area contributed by atoms with Crippen molar-refractivity contribution in [2.24, 2.45) is 4.99 Å². The largest absolute Gasteiger partial charge is 0.356 e. The predicted molar refractivity (Wildman–Crippen MR) is 95.1 cm³/mol. The SMILES string of the molecule is CCCNC(=NCC(=O)N(C)C)N1CCN(c2ncccn2)CC1. The summed E-state index contributed by atoms with van der Waals surface area (Å²) in [7, 11) is 3.49. The number of hydrogen-bond donors (Lipinski definition) is 1. The lowest BCUT2D eigenvalue weighted by atomic mass is 10.3. The van der Waals surface area contributed by atoms with E-state index >= 15 is 0 Å². The number of rotatable bonds is 5. The molecule has 0 aromatic carbocycles. The Morgan fingerprint density at radius 2 is 1.92 bits per heavy atom. The van der Waals surface area contributed by atoms with E-state index in [9.17, 15) is 4.79 Å². The van der Waals surface area contributed by atoms with Crippen LogP contribution in [0, 0.1) is 0 Å². The van der Waals surface area contributed by atoms with Gasteiger partial charge in [-0.25, -0.2) is 15.0 Å². The summed E-state index contributed by atoms with van der Waals surface area (Å²) in [5.74, 6) is 1.57. The zero-order valence-electron chi connectivity index (χ0n) is 14.8. The van der Waals surface area contributed by atoms with Gasteiger partial charge in [0.1, 0.15) is 6.54 Å². The van der Waals surface area contributed by atoms with Gasteiger partial charge in [-0.15, -0.1) is 0 Å². The van der Waals surface area contributed by atoms with Gasteiger partial charge in [0.25, 0.3) is 0 Å². The van der Waals surface area contributed by atoms with Crippen LogP contribution >= 0.6 is 0 Å². The minimum Gasteiger partial charge on any atom is -0.356 e. The van der Waals surface area contributed by atoms with Crippen LogP contribution in [0.3, 0.4) is 0 Å². The third-order valence-electron chi connectivity index (χ3n) is 3.81. The van der Waals surface area contributed by atoms with Crippen LogP contribution in [0.4, 0.5) is 5.95 Å². The Balaban J connectivity index is 1.96. The standard InChI is InChI=1S/C16H27N7O/c1-4-6-17-16(20-13-14(24)21(2)3)23-11-9-22(10-12-23)15-18-7-5-8-19-15/h5,7-8H,4,6,9-13H2,1-3H3,(H,17,20). The zero-order valence-corrected chi connectivity index (χ0v) is 14.8. The highest BCUT2D eigenvalue weighted by atomic mass is 16.2. The Kier molecular flexibility index (Phi) is 6.77. The van der Waals surface area contributed by atoms with Gasteiger partial charge >= 0.3 is 0 Å². The number of nitrogens with zero attached hydrogens (tertiary/aromatic N) is 6. The first kappa shape index (κ1) is 18.0. The van der Waals surface area contributed by atoms with Gasteiger partial charge in [0.2, 0.25) is 11.9 Å². The minimum atomic E-state index is 0.00196. The summed E-state index contributed by atoms with van der Waals surface area (Å²) >= 11 is 0. The number of amides is 1. The van der Waals surface area contributed by atoms with Gasteiger partial charge in [-0.1, -0.05) is 6.92 Å². The summed E-state index contributed by atoms with van der Waals surface area (Å²) in [5, 5.41) is 3.34. The molecule has 0 radical (unpaired) electrons. The van der Waals surface area contributed by atoms with Crippen LogP contribution in [-0.2, 0) is 4.79 Å². The monoisotopic (exact) mass is 333 g/mol. The average Bonchev–Trinajstić information content (AvgIpc) is 2.62. The molecule has 1 aromatic heterocycles. The van der Waals surface area contributed by atoms with Crippen molar-refractivity contribution < 1.29 is 4.79 Å². The molecule has 2 heterocycles. The molecule has 2 rings (SSSR count). The van der Waals surface area contributed by atoms with Gasteiger partial charge in [-0.05, 0) is 12.5 Å². The van der Waals surface area contributed by atoms with Gasteiger partial charge in [0.05, 0.1) is 0 Å². The number of guanidine groups is 1. The molecule has 0 unspecified atom stereocenters. The summed E-state index contributed by atoms with van der Waals surface area (Å²) in [6, 6.07) is 1.82. The zero-order chi connectivity index (χ0) is 17.4. The molecule has 1 aliphatic heterocycles. The summed E-state index contributed by atoms with van der Waals surface area (Å²) in [5.41, 5.74) is 0. The molecule has 0 atom stereocenters. The van der Waals surface area contributed by atoms with Crippen molar-refractivity contribution in [2.45, 2.75) is 13.3 Å². The molecule has 1 saturated heterocycles. The van der Waals surface area contributed by atoms with Gasteiger partial charge in [0, 0.05) is 59.2 Å². The molecule has 0 bridgehead atoms. The first-order chi connectivity index (χ1) is 11.6. The van der Waals surface area contributed by atoms with E-state index in [1.165, 1.54) is 0 Å². The maximum Gasteiger partial charge on any atom is 0.243 e. The van der Waals surface area contributed by atoms with Crippen LogP contribution < -0.4 is 10.2 Å². The van der Waals surface area contributed by atoms with E-state index in [-0.39, 0.29) is 12.5 Å². The Labute approximate surface area is 143 Å². The van der Waals surface area contributed by atoms with Gasteiger partial charge < -0.3 is 20.0 Å². The van der Waals surface area contributed by atoms with Crippen LogP contribution in [0.15, 0.2) is 23.5 Å². The van der Waals surface area contributed by atoms with Crippen LogP contribution in [0.1, 0.15) is 13.3 Å². The molecule has 0 spiro atoms. The van der Waals surface area contributed by atoms with Crippen molar-refractivity contribution in [3.63, 3.8) is 0 Å². The molecular weight excluding hydrogens is 306 g/mol. The number of aliphatic imine (C=N–C) groups is 1. The minimum absolute atomic E-state index is 0.00196. The Morgan fingerprint density at radius 3 is 2.50 bits per heavy atom. The maximum absolute atomic E-state index is 11.8. The number of likely N-dealkylation sites (N-methyl/N-ethyl adjacent to an activating group) is 1. The molecule has 1 aromatic rings. The lowest BCUT2D eigenvalue weighted by Gasteiger charge is -2.36. The van der Waals surface area contributed by atoms with Crippen molar-refractivity contribution >= 4 is 17.8 Å². The molecule has 1 amide bonds. The average molecular weight is 333 g/mol. The molecule has 1 aliphatic rings. The van der Waals surface area contributed by atoms with E-state index in [0.29, 0.717) is 0 Å². The predicted octanol–water partition coefficient (Wildman–Crippen LogP) is 0.0424. The first-order valence-electron chi connectivity index (χ1n) is 8.37. The topological polar surface area (TPSA) is 77.0 Å². The lowest BCUT2D eigenvalue weighted by Crippen LogP contribution is -2.53. The smallest absolute Gasteiger partial charge is 0.243 e. The third kappa shape index (κ3) is 5.07. The molecule has 8 heteroatoms. The summed E-state index contributed by atoms with van der Waals surface area (Å²) in [6.45, 7) is 6.43. The molecular formula is C16H27N7O. The highest BCUT2D eigenvalue weighted by molar-refractivity contribution is 5.85. The Morgan fingerprint density at radius 1 is 1.25 bits per heavy atom. The fourth-order valence-electron chi connectivity index (χ4n) is 2.36. The highest BCUT2D eigenvalue weighted by Gasteiger charge is 2.21. The van der Waals surface area contributed by atoms with Crippen LogP contribution in [-0.4, -0.2) is 85.0 Å². The molecule has 1 N–H and O–H groups in total. The normalized spacial score (nSPS) is 15.4. The summed E-state index contributed by atoms with van der Waals surface area (Å²) in [4.78, 5) is 30.8. The van der Waals surface area contributed by atoms with E-state index in [2.05, 4.69) is 37.0 Å². The summed E-state index contributed by atoms with van der Waals surface area (Å²) < 4.78 is 0. The van der Waals surface area contributed by atoms with Gasteiger partial charge in [-0.3, -0.25) is 4.79 Å². The molecule has 0 aliphatic carbocycles. The second kappa shape index (κ2) is 9.05. The lowest BCUT2D eigenvalue weighted by molar-refractivity contribution is -0.127. The van der Waals surface area contributed by atoms with Crippen molar-refractivity contribution in [3.05, 3.63) is 18.5 Å². The fourth-order valence-corrected chi connectivity index (χ4v) is 2.36. The quantitative estimate of drug-likeness (QED) is 0.606. The second-order valence-electron chi connectivity index (χ2n) is 5.88. The van der Waals surface area contributed by atoms with Crippen molar-refractivity contribution in [1.82, 2.24) is 25.1 Å². The molecule has 24 heavy (non-hydrogen) atoms. The molecule has 132 valence electrons. The van der Waals surface area contributed by atoms with E-state index in [4.69, 9.17) is 0 Å². The number of nitrogens with one attached hydrogen (secondary N) is 1. The van der Waals surface area contributed by atoms with Crippen molar-refractivity contribution in [1.29, 1.82) is 0 Å². The van der Waals surface area contributed by atoms with Crippen molar-refractivity contribution in [3.8, 4) is 0 Å². The van der Waals surface area contributed by atoms with E-state index in [1.54, 1.807) is 31.4 Å². The van der Waals surface area contributed by atoms with Crippen LogP contribution in [0.25, 0.3) is 0 Å². The highest BCUT2D eigenvalue weighted by Crippen LogP contribution is 2.09. The Hall–Kier alpha value is -2.38. The molecule has 0 saturated carbocycles. The number of carbonyl (C=O) groups is 1. The number of hydrogen-bond acceptors (Lipinski definition) is 5. The number of anilines is 1.